The number of rotatable bonds is 9. The summed E-state index contributed by atoms with van der Waals surface area (Å²) in [5.41, 5.74) is 6.62. The van der Waals surface area contributed by atoms with Crippen molar-refractivity contribution in [3.8, 4) is 0 Å². The second-order valence-corrected chi connectivity index (χ2v) is 4.59. The summed E-state index contributed by atoms with van der Waals surface area (Å²) in [5, 5.41) is 0. The highest BCUT2D eigenvalue weighted by Gasteiger charge is 2.17. The van der Waals surface area contributed by atoms with Crippen molar-refractivity contribution in [2.45, 2.75) is 39.2 Å². The zero-order valence-corrected chi connectivity index (χ0v) is 12.3. The second kappa shape index (κ2) is 8.82. The molecule has 0 unspecified atom stereocenters. The molecule has 0 fully saturated rings. The maximum Gasteiger partial charge on any atom is 0.225 e. The van der Waals surface area contributed by atoms with Crippen LogP contribution in [0, 0.1) is 0 Å². The molecule has 0 aliphatic heterocycles. The van der Waals surface area contributed by atoms with Gasteiger partial charge in [0, 0.05) is 32.1 Å². The molecule has 19 heavy (non-hydrogen) atoms. The molecule has 0 saturated heterocycles. The Morgan fingerprint density at radius 2 is 1.89 bits per heavy atom. The summed E-state index contributed by atoms with van der Waals surface area (Å²) in [6.07, 6.45) is 6.72. The first-order valence-corrected chi connectivity index (χ1v) is 7.03. The Balaban J connectivity index is 2.83. The molecule has 2 N–H and O–H groups in total. The normalized spacial score (nSPS) is 11.0. The number of nitrogens with two attached hydrogens (primary N) is 1. The fraction of sp³-hybridized carbons (Fsp3) is 0.714. The molecule has 0 bridgehead atoms. The van der Waals surface area contributed by atoms with E-state index in [1.54, 1.807) is 7.11 Å². The number of aromatic nitrogens is 2. The minimum absolute atomic E-state index is 0.454. The van der Waals surface area contributed by atoms with Gasteiger partial charge in [-0.15, -0.1) is 0 Å². The molecule has 1 aromatic rings. The topological polar surface area (TPSA) is 64.3 Å². The highest BCUT2D eigenvalue weighted by molar-refractivity contribution is 5.31. The third kappa shape index (κ3) is 4.76. The van der Waals surface area contributed by atoms with Gasteiger partial charge in [0.2, 0.25) is 5.95 Å². The highest BCUT2D eigenvalue weighted by Crippen LogP contribution is 2.15. The third-order valence-electron chi connectivity index (χ3n) is 3.30. The third-order valence-corrected chi connectivity index (χ3v) is 3.30. The molecule has 5 heteroatoms. The first-order valence-electron chi connectivity index (χ1n) is 7.03. The molecule has 1 heterocycles. The predicted molar refractivity (Wildman–Crippen MR) is 78.4 cm³/mol. The van der Waals surface area contributed by atoms with Gasteiger partial charge in [0.15, 0.2) is 0 Å². The maximum atomic E-state index is 5.53. The van der Waals surface area contributed by atoms with Crippen LogP contribution in [0.5, 0.6) is 0 Å². The summed E-state index contributed by atoms with van der Waals surface area (Å²) in [6.45, 7) is 6.51. The average Bonchev–Trinajstić information content (AvgIpc) is 2.45. The Morgan fingerprint density at radius 3 is 2.37 bits per heavy atom. The Kier molecular flexibility index (Phi) is 7.36. The van der Waals surface area contributed by atoms with E-state index in [0.29, 0.717) is 19.2 Å². The summed E-state index contributed by atoms with van der Waals surface area (Å²) in [6, 6.07) is 0.454. The fourth-order valence-corrected chi connectivity index (χ4v) is 2.16. The summed E-state index contributed by atoms with van der Waals surface area (Å²) < 4.78 is 5.18. The van der Waals surface area contributed by atoms with Gasteiger partial charge < -0.3 is 15.4 Å². The van der Waals surface area contributed by atoms with Crippen LogP contribution in [-0.2, 0) is 11.2 Å². The Bertz CT molecular complexity index is 338. The monoisotopic (exact) mass is 266 g/mol. The SMILES string of the molecule is CCC(CC)N(CCOC)c1ncc(CCN)cn1. The average molecular weight is 266 g/mol. The Hall–Kier alpha value is -1.20. The van der Waals surface area contributed by atoms with E-state index < -0.39 is 0 Å². The van der Waals surface area contributed by atoms with Crippen molar-refractivity contribution in [2.24, 2.45) is 5.73 Å². The molecule has 0 saturated carbocycles. The van der Waals surface area contributed by atoms with E-state index in [2.05, 4.69) is 28.7 Å². The summed E-state index contributed by atoms with van der Waals surface area (Å²) in [7, 11) is 1.72. The molecule has 1 aromatic heterocycles. The summed E-state index contributed by atoms with van der Waals surface area (Å²) in [4.78, 5) is 11.2. The van der Waals surface area contributed by atoms with Gasteiger partial charge in [-0.2, -0.15) is 0 Å². The second-order valence-electron chi connectivity index (χ2n) is 4.59. The summed E-state index contributed by atoms with van der Waals surface area (Å²) in [5.74, 6) is 0.784. The van der Waals surface area contributed by atoms with Gasteiger partial charge in [0.25, 0.3) is 0 Å². The van der Waals surface area contributed by atoms with Crippen LogP contribution in [0.4, 0.5) is 5.95 Å². The number of ether oxygens (including phenoxy) is 1. The minimum atomic E-state index is 0.454. The van der Waals surface area contributed by atoms with Gasteiger partial charge in [-0.25, -0.2) is 9.97 Å². The standard InChI is InChI=1S/C14H26N4O/c1-4-13(5-2)18(8-9-19-3)14-16-10-12(6-7-15)11-17-14/h10-11,13H,4-9,15H2,1-3H3. The van der Waals surface area contributed by atoms with Crippen molar-refractivity contribution in [1.29, 1.82) is 0 Å². The van der Waals surface area contributed by atoms with Crippen LogP contribution >= 0.6 is 0 Å². The van der Waals surface area contributed by atoms with Crippen molar-refractivity contribution in [3.63, 3.8) is 0 Å². The first kappa shape index (κ1) is 15.9. The van der Waals surface area contributed by atoms with Crippen molar-refractivity contribution in [3.05, 3.63) is 18.0 Å². The number of hydrogen-bond acceptors (Lipinski definition) is 5. The van der Waals surface area contributed by atoms with E-state index in [-0.39, 0.29) is 0 Å². The van der Waals surface area contributed by atoms with Gasteiger partial charge in [-0.3, -0.25) is 0 Å². The van der Waals surface area contributed by atoms with Crippen LogP contribution < -0.4 is 10.6 Å². The molecule has 0 spiro atoms. The van der Waals surface area contributed by atoms with E-state index in [0.717, 1.165) is 37.3 Å². The minimum Gasteiger partial charge on any atom is -0.383 e. The number of hydrogen-bond donors (Lipinski definition) is 1. The van der Waals surface area contributed by atoms with Gasteiger partial charge in [-0.1, -0.05) is 13.8 Å². The number of nitrogens with zero attached hydrogens (tertiary/aromatic N) is 3. The van der Waals surface area contributed by atoms with Crippen LogP contribution in [0.25, 0.3) is 0 Å². The van der Waals surface area contributed by atoms with Crippen LogP contribution in [-0.4, -0.2) is 42.8 Å². The fourth-order valence-electron chi connectivity index (χ4n) is 2.16. The van der Waals surface area contributed by atoms with E-state index in [4.69, 9.17) is 10.5 Å². The predicted octanol–water partition coefficient (Wildman–Crippen LogP) is 1.62. The lowest BCUT2D eigenvalue weighted by molar-refractivity contribution is 0.202. The van der Waals surface area contributed by atoms with Gasteiger partial charge in [-0.05, 0) is 31.4 Å². The summed E-state index contributed by atoms with van der Waals surface area (Å²) >= 11 is 0. The molecular weight excluding hydrogens is 240 g/mol. The lowest BCUT2D eigenvalue weighted by atomic mass is 10.1. The Labute approximate surface area is 116 Å². The molecule has 1 rings (SSSR count). The molecule has 0 aromatic carbocycles. The van der Waals surface area contributed by atoms with Crippen molar-refractivity contribution in [2.75, 3.05) is 31.7 Å². The largest absolute Gasteiger partial charge is 0.383 e. The lowest BCUT2D eigenvalue weighted by Crippen LogP contribution is -2.38. The van der Waals surface area contributed by atoms with E-state index in [9.17, 15) is 0 Å². The molecule has 0 amide bonds. The number of anilines is 1. The number of methoxy groups -OCH3 is 1. The molecule has 0 atom stereocenters. The highest BCUT2D eigenvalue weighted by atomic mass is 16.5. The smallest absolute Gasteiger partial charge is 0.225 e. The molecule has 0 aliphatic carbocycles. The zero-order chi connectivity index (χ0) is 14.1. The Morgan fingerprint density at radius 1 is 1.26 bits per heavy atom. The van der Waals surface area contributed by atoms with Crippen LogP contribution in [0.15, 0.2) is 12.4 Å². The van der Waals surface area contributed by atoms with Gasteiger partial charge >= 0.3 is 0 Å². The van der Waals surface area contributed by atoms with Crippen molar-refractivity contribution in [1.82, 2.24) is 9.97 Å². The first-order chi connectivity index (χ1) is 9.26. The maximum absolute atomic E-state index is 5.53. The van der Waals surface area contributed by atoms with E-state index in [1.165, 1.54) is 0 Å². The molecular formula is C14H26N4O. The molecule has 108 valence electrons. The van der Waals surface area contributed by atoms with E-state index >= 15 is 0 Å². The van der Waals surface area contributed by atoms with Crippen molar-refractivity contribution < 1.29 is 4.74 Å². The molecule has 0 radical (unpaired) electrons. The van der Waals surface area contributed by atoms with Crippen LogP contribution in [0.3, 0.4) is 0 Å². The van der Waals surface area contributed by atoms with Gasteiger partial charge in [0.1, 0.15) is 0 Å². The van der Waals surface area contributed by atoms with E-state index in [1.807, 2.05) is 12.4 Å². The van der Waals surface area contributed by atoms with Crippen molar-refractivity contribution >= 4 is 5.95 Å². The van der Waals surface area contributed by atoms with Crippen LogP contribution in [0.2, 0.25) is 0 Å². The quantitative estimate of drug-likeness (QED) is 0.736. The van der Waals surface area contributed by atoms with Crippen LogP contribution in [0.1, 0.15) is 32.3 Å². The zero-order valence-electron chi connectivity index (χ0n) is 12.3. The lowest BCUT2D eigenvalue weighted by Gasteiger charge is -2.30. The molecule has 0 aliphatic rings. The van der Waals surface area contributed by atoms with Gasteiger partial charge in [0.05, 0.1) is 6.61 Å². The molecule has 5 nitrogen and oxygen atoms in total.